The third-order valence-corrected chi connectivity index (χ3v) is 7.69. The zero-order chi connectivity index (χ0) is 26.0. The molecule has 2 aliphatic heterocycles. The van der Waals surface area contributed by atoms with E-state index in [2.05, 4.69) is 37.8 Å². The molecule has 2 aromatic rings. The van der Waals surface area contributed by atoms with Crippen LogP contribution in [-0.4, -0.2) is 74.2 Å². The van der Waals surface area contributed by atoms with Crippen molar-refractivity contribution in [3.05, 3.63) is 83.9 Å². The third kappa shape index (κ3) is 7.53. The number of benzene rings is 2. The van der Waals surface area contributed by atoms with Gasteiger partial charge in [-0.2, -0.15) is 0 Å². The van der Waals surface area contributed by atoms with Gasteiger partial charge in [-0.1, -0.05) is 79.7 Å². The highest BCUT2D eigenvalue weighted by atomic mass is 16.5. The second-order valence-corrected chi connectivity index (χ2v) is 10.2. The van der Waals surface area contributed by atoms with Crippen molar-refractivity contribution in [2.75, 3.05) is 52.6 Å². The van der Waals surface area contributed by atoms with Crippen molar-refractivity contribution < 1.29 is 19.1 Å². The predicted octanol–water partition coefficient (Wildman–Crippen LogP) is 4.00. The number of nitrogens with zero attached hydrogens (tertiary/aromatic N) is 2. The highest BCUT2D eigenvalue weighted by molar-refractivity contribution is 5.81. The Hall–Kier alpha value is -2.96. The summed E-state index contributed by atoms with van der Waals surface area (Å²) in [6, 6.07) is 20.4. The summed E-state index contributed by atoms with van der Waals surface area (Å²) < 4.78 is 11.0. The number of morpholine rings is 2. The number of amides is 2. The van der Waals surface area contributed by atoms with Crippen LogP contribution in [0.25, 0.3) is 0 Å². The number of rotatable bonds is 10. The maximum atomic E-state index is 13.7. The van der Waals surface area contributed by atoms with Crippen LogP contribution in [0.4, 0.5) is 0 Å². The lowest BCUT2D eigenvalue weighted by Crippen LogP contribution is -2.46. The summed E-state index contributed by atoms with van der Waals surface area (Å²) in [6.07, 6.45) is 1.87. The molecule has 0 aromatic heterocycles. The minimum absolute atomic E-state index is 0.0636. The Morgan fingerprint density at radius 2 is 1.22 bits per heavy atom. The van der Waals surface area contributed by atoms with Crippen LogP contribution in [0.5, 0.6) is 0 Å². The average molecular weight is 505 g/mol. The first-order valence-corrected chi connectivity index (χ1v) is 13.5. The molecule has 0 saturated carbocycles. The monoisotopic (exact) mass is 504 g/mol. The number of allylic oxidation sites excluding steroid dienone is 1. The molecule has 2 heterocycles. The molecule has 2 saturated heterocycles. The molecule has 4 rings (SSSR count). The van der Waals surface area contributed by atoms with Crippen LogP contribution in [-0.2, 0) is 31.9 Å². The molecule has 0 radical (unpaired) electrons. The predicted molar refractivity (Wildman–Crippen MR) is 145 cm³/mol. The Morgan fingerprint density at radius 1 is 0.757 bits per heavy atom. The Bertz CT molecular complexity index is 1010. The lowest BCUT2D eigenvalue weighted by molar-refractivity contribution is -0.140. The summed E-state index contributed by atoms with van der Waals surface area (Å²) in [5.41, 5.74) is 3.24. The zero-order valence-electron chi connectivity index (χ0n) is 22.0. The molecule has 0 aliphatic carbocycles. The standard InChI is InChI=1S/C31H40N2O4/c1-24(21-28(22-26-9-5-3-6-10-26)30(34)32-13-17-36-18-14-32)25(2)29(23-27-11-7-4-8-12-27)31(35)33-15-19-37-20-16-33/h3-12,25,28-29H,1,13-23H2,2H3/t25-,28-,29+/m1/s1. The summed E-state index contributed by atoms with van der Waals surface area (Å²) in [5, 5.41) is 0. The molecule has 2 aliphatic rings. The fourth-order valence-electron chi connectivity index (χ4n) is 5.34. The van der Waals surface area contributed by atoms with E-state index in [9.17, 15) is 9.59 Å². The maximum absolute atomic E-state index is 13.7. The summed E-state index contributed by atoms with van der Waals surface area (Å²) >= 11 is 0. The van der Waals surface area contributed by atoms with Crippen LogP contribution in [0.15, 0.2) is 72.8 Å². The first-order valence-electron chi connectivity index (χ1n) is 13.5. The van der Waals surface area contributed by atoms with Crippen LogP contribution < -0.4 is 0 Å². The van der Waals surface area contributed by atoms with Crippen LogP contribution in [0.1, 0.15) is 24.5 Å². The van der Waals surface area contributed by atoms with Gasteiger partial charge in [-0.15, -0.1) is 0 Å². The molecular formula is C31H40N2O4. The Labute approximate surface area is 221 Å². The van der Waals surface area contributed by atoms with Gasteiger partial charge in [0.05, 0.1) is 26.4 Å². The van der Waals surface area contributed by atoms with Gasteiger partial charge in [0.2, 0.25) is 11.8 Å². The van der Waals surface area contributed by atoms with Gasteiger partial charge in [0.25, 0.3) is 0 Å². The van der Waals surface area contributed by atoms with Gasteiger partial charge in [0.1, 0.15) is 0 Å². The van der Waals surface area contributed by atoms with Crippen molar-refractivity contribution in [2.45, 2.75) is 26.2 Å². The third-order valence-electron chi connectivity index (χ3n) is 7.69. The second-order valence-electron chi connectivity index (χ2n) is 10.2. The van der Waals surface area contributed by atoms with Crippen molar-refractivity contribution in [1.29, 1.82) is 0 Å². The number of hydrogen-bond acceptors (Lipinski definition) is 4. The van der Waals surface area contributed by atoms with Gasteiger partial charge >= 0.3 is 0 Å². The largest absolute Gasteiger partial charge is 0.378 e. The van der Waals surface area contributed by atoms with E-state index < -0.39 is 0 Å². The molecule has 6 nitrogen and oxygen atoms in total. The van der Waals surface area contributed by atoms with Crippen LogP contribution >= 0.6 is 0 Å². The van der Waals surface area contributed by atoms with E-state index in [-0.39, 0.29) is 29.6 Å². The molecular weight excluding hydrogens is 464 g/mol. The summed E-state index contributed by atoms with van der Waals surface area (Å²) in [7, 11) is 0. The Balaban J connectivity index is 1.52. The normalized spacial score (nSPS) is 18.6. The number of carbonyl (C=O) groups excluding carboxylic acids is 2. The minimum atomic E-state index is -0.233. The van der Waals surface area contributed by atoms with Gasteiger partial charge in [-0.25, -0.2) is 0 Å². The maximum Gasteiger partial charge on any atom is 0.226 e. The highest BCUT2D eigenvalue weighted by Crippen LogP contribution is 2.31. The fraction of sp³-hybridized carbons (Fsp3) is 0.484. The molecule has 6 heteroatoms. The van der Waals surface area contributed by atoms with Gasteiger partial charge in [-0.05, 0) is 36.3 Å². The molecule has 0 unspecified atom stereocenters. The van der Waals surface area contributed by atoms with Crippen molar-refractivity contribution in [3.63, 3.8) is 0 Å². The van der Waals surface area contributed by atoms with Crippen molar-refractivity contribution >= 4 is 11.8 Å². The van der Waals surface area contributed by atoms with Crippen LogP contribution in [0, 0.1) is 17.8 Å². The smallest absolute Gasteiger partial charge is 0.226 e. The second kappa shape index (κ2) is 13.5. The van der Waals surface area contributed by atoms with Crippen molar-refractivity contribution in [3.8, 4) is 0 Å². The number of hydrogen-bond donors (Lipinski definition) is 0. The number of carbonyl (C=O) groups is 2. The molecule has 3 atom stereocenters. The molecule has 2 fully saturated rings. The van der Waals surface area contributed by atoms with E-state index in [1.165, 1.54) is 0 Å². The lowest BCUT2D eigenvalue weighted by Gasteiger charge is -2.35. The van der Waals surface area contributed by atoms with E-state index in [1.54, 1.807) is 0 Å². The van der Waals surface area contributed by atoms with E-state index in [0.717, 1.165) is 16.7 Å². The van der Waals surface area contributed by atoms with Crippen LogP contribution in [0.2, 0.25) is 0 Å². The molecule has 2 aromatic carbocycles. The van der Waals surface area contributed by atoms with Crippen molar-refractivity contribution in [1.82, 2.24) is 9.80 Å². The van der Waals surface area contributed by atoms with E-state index in [4.69, 9.17) is 9.47 Å². The van der Waals surface area contributed by atoms with Crippen LogP contribution in [0.3, 0.4) is 0 Å². The average Bonchev–Trinajstić information content (AvgIpc) is 2.96. The SMILES string of the molecule is C=C(C[C@H](Cc1ccccc1)C(=O)N1CCOCC1)[C@@H](C)[C@H](Cc1ccccc1)C(=O)N1CCOCC1. The lowest BCUT2D eigenvalue weighted by atomic mass is 9.78. The number of ether oxygens (including phenoxy) is 2. The van der Waals surface area contributed by atoms with Gasteiger partial charge < -0.3 is 19.3 Å². The minimum Gasteiger partial charge on any atom is -0.378 e. The molecule has 0 spiro atoms. The fourth-order valence-corrected chi connectivity index (χ4v) is 5.34. The Kier molecular flexibility index (Phi) is 9.92. The van der Waals surface area contributed by atoms with Gasteiger partial charge in [-0.3, -0.25) is 9.59 Å². The van der Waals surface area contributed by atoms with E-state index in [0.29, 0.717) is 71.9 Å². The quantitative estimate of drug-likeness (QED) is 0.459. The van der Waals surface area contributed by atoms with Gasteiger partial charge in [0.15, 0.2) is 0 Å². The summed E-state index contributed by atoms with van der Waals surface area (Å²) in [6.45, 7) is 11.4. The van der Waals surface area contributed by atoms with E-state index >= 15 is 0 Å². The zero-order valence-corrected chi connectivity index (χ0v) is 22.0. The molecule has 198 valence electrons. The Morgan fingerprint density at radius 3 is 1.73 bits per heavy atom. The first kappa shape index (κ1) is 27.1. The van der Waals surface area contributed by atoms with E-state index in [1.807, 2.05) is 46.2 Å². The molecule has 0 bridgehead atoms. The topological polar surface area (TPSA) is 59.1 Å². The van der Waals surface area contributed by atoms with Gasteiger partial charge in [0, 0.05) is 38.0 Å². The highest BCUT2D eigenvalue weighted by Gasteiger charge is 2.34. The molecule has 2 amide bonds. The molecule has 0 N–H and O–H groups in total. The van der Waals surface area contributed by atoms with Crippen molar-refractivity contribution in [2.24, 2.45) is 17.8 Å². The summed E-state index contributed by atoms with van der Waals surface area (Å²) in [4.78, 5) is 31.2. The molecule has 37 heavy (non-hydrogen) atoms. The first-order chi connectivity index (χ1) is 18.0. The summed E-state index contributed by atoms with van der Waals surface area (Å²) in [5.74, 6) is -0.207.